The molecule has 2 unspecified atom stereocenters. The molecule has 3 heteroatoms. The van der Waals surface area contributed by atoms with Gasteiger partial charge < -0.3 is 10.2 Å². The summed E-state index contributed by atoms with van der Waals surface area (Å²) in [5.74, 6) is 2.52. The van der Waals surface area contributed by atoms with Gasteiger partial charge in [0.15, 0.2) is 0 Å². The first-order chi connectivity index (χ1) is 8.65. The minimum atomic E-state index is 0.503. The van der Waals surface area contributed by atoms with E-state index in [0.717, 1.165) is 12.5 Å². The molecule has 3 nitrogen and oxygen atoms in total. The van der Waals surface area contributed by atoms with Crippen LogP contribution in [0.5, 0.6) is 0 Å². The zero-order valence-corrected chi connectivity index (χ0v) is 11.6. The van der Waals surface area contributed by atoms with Crippen LogP contribution in [0.4, 0.5) is 5.82 Å². The molecule has 98 valence electrons. The van der Waals surface area contributed by atoms with Crippen molar-refractivity contribution in [3.8, 4) is 0 Å². The van der Waals surface area contributed by atoms with Crippen molar-refractivity contribution in [2.45, 2.75) is 39.2 Å². The number of hydrogen-bond acceptors (Lipinski definition) is 3. The molecule has 0 saturated carbocycles. The highest BCUT2D eigenvalue weighted by Gasteiger charge is 2.38. The quantitative estimate of drug-likeness (QED) is 0.866. The molecule has 1 N–H and O–H groups in total. The summed E-state index contributed by atoms with van der Waals surface area (Å²) in [4.78, 5) is 7.39. The molecule has 2 aliphatic rings. The number of nitrogens with one attached hydrogen (secondary N) is 1. The molecular formula is C15H23N3. The zero-order valence-electron chi connectivity index (χ0n) is 11.6. The Labute approximate surface area is 110 Å². The highest BCUT2D eigenvalue weighted by Crippen LogP contribution is 2.32. The number of pyridine rings is 1. The maximum absolute atomic E-state index is 4.87. The van der Waals surface area contributed by atoms with E-state index in [1.165, 1.54) is 36.6 Å². The Bertz CT molecular complexity index is 441. The molecule has 0 bridgehead atoms. The van der Waals surface area contributed by atoms with Gasteiger partial charge in [-0.2, -0.15) is 0 Å². The second-order valence-electron chi connectivity index (χ2n) is 6.05. The van der Waals surface area contributed by atoms with Gasteiger partial charge in [-0.25, -0.2) is 4.98 Å². The van der Waals surface area contributed by atoms with Crippen LogP contribution in [-0.2, 0) is 0 Å². The van der Waals surface area contributed by atoms with E-state index < -0.39 is 0 Å². The molecule has 1 aromatic rings. The number of aryl methyl sites for hydroxylation is 1. The molecule has 2 aliphatic heterocycles. The predicted molar refractivity (Wildman–Crippen MR) is 75.2 cm³/mol. The van der Waals surface area contributed by atoms with Crippen LogP contribution in [0.3, 0.4) is 0 Å². The standard InChI is InChI=1S/C15H23N3/c1-10(2)13-6-11(3)7-15(17-13)18-5-4-12-8-16-9-14(12)18/h6-7,10,12,14,16H,4-5,8-9H2,1-3H3. The van der Waals surface area contributed by atoms with E-state index in [0.29, 0.717) is 12.0 Å². The number of hydrogen-bond donors (Lipinski definition) is 1. The summed E-state index contributed by atoms with van der Waals surface area (Å²) in [5.41, 5.74) is 2.55. The minimum Gasteiger partial charge on any atom is -0.352 e. The molecule has 3 heterocycles. The third-order valence-corrected chi connectivity index (χ3v) is 4.31. The van der Waals surface area contributed by atoms with Crippen molar-refractivity contribution in [3.05, 3.63) is 23.4 Å². The average Bonchev–Trinajstić information content (AvgIpc) is 2.89. The SMILES string of the molecule is Cc1cc(C(C)C)nc(N2CCC3CNCC32)c1. The van der Waals surface area contributed by atoms with Crippen LogP contribution in [0.15, 0.2) is 12.1 Å². The summed E-state index contributed by atoms with van der Waals surface area (Å²) in [6.07, 6.45) is 1.31. The summed E-state index contributed by atoms with van der Waals surface area (Å²) in [5, 5.41) is 3.51. The van der Waals surface area contributed by atoms with Crippen LogP contribution >= 0.6 is 0 Å². The fraction of sp³-hybridized carbons (Fsp3) is 0.667. The van der Waals surface area contributed by atoms with Gasteiger partial charge in [0.25, 0.3) is 0 Å². The zero-order chi connectivity index (χ0) is 12.7. The third kappa shape index (κ3) is 2.01. The Hall–Kier alpha value is -1.09. The summed E-state index contributed by atoms with van der Waals surface area (Å²) in [6.45, 7) is 10.1. The van der Waals surface area contributed by atoms with Crippen molar-refractivity contribution in [1.82, 2.24) is 10.3 Å². The van der Waals surface area contributed by atoms with E-state index >= 15 is 0 Å². The van der Waals surface area contributed by atoms with Gasteiger partial charge in [0.1, 0.15) is 5.82 Å². The highest BCUT2D eigenvalue weighted by molar-refractivity contribution is 5.46. The summed E-state index contributed by atoms with van der Waals surface area (Å²) < 4.78 is 0. The maximum Gasteiger partial charge on any atom is 0.129 e. The van der Waals surface area contributed by atoms with E-state index in [4.69, 9.17) is 4.98 Å². The Kier molecular flexibility index (Phi) is 3.02. The highest BCUT2D eigenvalue weighted by atomic mass is 15.3. The van der Waals surface area contributed by atoms with E-state index in [-0.39, 0.29) is 0 Å². The summed E-state index contributed by atoms with van der Waals surface area (Å²) in [6, 6.07) is 5.13. The lowest BCUT2D eigenvalue weighted by Gasteiger charge is -2.25. The number of aromatic nitrogens is 1. The lowest BCUT2D eigenvalue weighted by Crippen LogP contribution is -2.34. The number of nitrogens with zero attached hydrogens (tertiary/aromatic N) is 2. The second-order valence-corrected chi connectivity index (χ2v) is 6.05. The molecule has 0 radical (unpaired) electrons. The number of rotatable bonds is 2. The molecule has 2 atom stereocenters. The first-order valence-corrected chi connectivity index (χ1v) is 7.11. The van der Waals surface area contributed by atoms with E-state index in [2.05, 4.69) is 43.1 Å². The van der Waals surface area contributed by atoms with Crippen LogP contribution in [0.2, 0.25) is 0 Å². The van der Waals surface area contributed by atoms with Crippen LogP contribution in [0.25, 0.3) is 0 Å². The normalized spacial score (nSPS) is 27.0. The smallest absolute Gasteiger partial charge is 0.129 e. The van der Waals surface area contributed by atoms with Gasteiger partial charge >= 0.3 is 0 Å². The minimum absolute atomic E-state index is 0.503. The van der Waals surface area contributed by atoms with Crippen LogP contribution in [0.1, 0.15) is 37.4 Å². The van der Waals surface area contributed by atoms with Crippen LogP contribution < -0.4 is 10.2 Å². The van der Waals surface area contributed by atoms with Gasteiger partial charge in [-0.1, -0.05) is 13.8 Å². The maximum atomic E-state index is 4.87. The molecule has 1 aromatic heterocycles. The fourth-order valence-electron chi connectivity index (χ4n) is 3.25. The second kappa shape index (κ2) is 4.54. The Morgan fingerprint density at radius 2 is 2.17 bits per heavy atom. The third-order valence-electron chi connectivity index (χ3n) is 4.31. The summed E-state index contributed by atoms with van der Waals surface area (Å²) in [7, 11) is 0. The number of anilines is 1. The lowest BCUT2D eigenvalue weighted by molar-refractivity contribution is 0.577. The van der Waals surface area contributed by atoms with Crippen molar-refractivity contribution in [3.63, 3.8) is 0 Å². The molecule has 18 heavy (non-hydrogen) atoms. The van der Waals surface area contributed by atoms with E-state index in [1.807, 2.05) is 0 Å². The Morgan fingerprint density at radius 3 is 2.94 bits per heavy atom. The largest absolute Gasteiger partial charge is 0.352 e. The van der Waals surface area contributed by atoms with E-state index in [9.17, 15) is 0 Å². The molecule has 2 saturated heterocycles. The first kappa shape index (κ1) is 12.0. The van der Waals surface area contributed by atoms with Crippen molar-refractivity contribution in [1.29, 1.82) is 0 Å². The van der Waals surface area contributed by atoms with Gasteiger partial charge in [-0.05, 0) is 42.9 Å². The molecular weight excluding hydrogens is 222 g/mol. The van der Waals surface area contributed by atoms with Crippen molar-refractivity contribution in [2.75, 3.05) is 24.5 Å². The lowest BCUT2D eigenvalue weighted by atomic mass is 10.0. The van der Waals surface area contributed by atoms with Gasteiger partial charge in [0.2, 0.25) is 0 Å². The topological polar surface area (TPSA) is 28.2 Å². The van der Waals surface area contributed by atoms with Crippen LogP contribution in [-0.4, -0.2) is 30.7 Å². The fourth-order valence-corrected chi connectivity index (χ4v) is 3.25. The van der Waals surface area contributed by atoms with Crippen molar-refractivity contribution >= 4 is 5.82 Å². The molecule has 0 aromatic carbocycles. The predicted octanol–water partition coefficient (Wildman–Crippen LogP) is 2.31. The van der Waals surface area contributed by atoms with Gasteiger partial charge in [0.05, 0.1) is 0 Å². The van der Waals surface area contributed by atoms with Gasteiger partial charge in [-0.15, -0.1) is 0 Å². The summed E-state index contributed by atoms with van der Waals surface area (Å²) >= 11 is 0. The van der Waals surface area contributed by atoms with Crippen molar-refractivity contribution in [2.24, 2.45) is 5.92 Å². The van der Waals surface area contributed by atoms with Gasteiger partial charge in [-0.3, -0.25) is 0 Å². The van der Waals surface area contributed by atoms with Gasteiger partial charge in [0, 0.05) is 31.4 Å². The van der Waals surface area contributed by atoms with Crippen molar-refractivity contribution < 1.29 is 0 Å². The molecule has 0 spiro atoms. The Morgan fingerprint density at radius 1 is 1.33 bits per heavy atom. The molecule has 3 rings (SSSR count). The van der Waals surface area contributed by atoms with E-state index in [1.54, 1.807) is 0 Å². The van der Waals surface area contributed by atoms with Crippen LogP contribution in [0, 0.1) is 12.8 Å². The monoisotopic (exact) mass is 245 g/mol. The average molecular weight is 245 g/mol. The molecule has 2 fully saturated rings. The Balaban J connectivity index is 1.92. The molecule has 0 amide bonds. The number of fused-ring (bicyclic) bond motifs is 1. The first-order valence-electron chi connectivity index (χ1n) is 7.11. The molecule has 0 aliphatic carbocycles.